The van der Waals surface area contributed by atoms with Crippen molar-refractivity contribution in [2.24, 2.45) is 5.73 Å². The lowest BCUT2D eigenvalue weighted by molar-refractivity contribution is -0.134. The molecule has 0 aliphatic carbocycles. The molecule has 80 valence electrons. The van der Waals surface area contributed by atoms with Crippen LogP contribution in [0.5, 0.6) is 5.75 Å². The Morgan fingerprint density at radius 3 is 2.33 bits per heavy atom. The maximum absolute atomic E-state index is 10.9. The number of esters is 1. The number of rotatable bonds is 3. The Kier molecular flexibility index (Phi) is 3.74. The van der Waals surface area contributed by atoms with Crippen molar-refractivity contribution in [1.29, 1.82) is 0 Å². The second kappa shape index (κ2) is 5.05. The van der Waals surface area contributed by atoms with Gasteiger partial charge in [-0.15, -0.1) is 0 Å². The summed E-state index contributed by atoms with van der Waals surface area (Å²) in [4.78, 5) is 10.9. The fraction of sp³-hybridized carbons (Fsp3) is 0.182. The van der Waals surface area contributed by atoms with E-state index in [4.69, 9.17) is 10.5 Å². The summed E-state index contributed by atoms with van der Waals surface area (Å²) >= 11 is 0. The fourth-order valence-electron chi connectivity index (χ4n) is 1.05. The Balaban J connectivity index is 2.87. The summed E-state index contributed by atoms with van der Waals surface area (Å²) in [6, 6.07) is 7.09. The Morgan fingerprint density at radius 1 is 1.27 bits per heavy atom. The van der Waals surface area contributed by atoms with Crippen LogP contribution in [0.2, 0.25) is 0 Å². The molecule has 0 saturated carbocycles. The third-order valence-electron chi connectivity index (χ3n) is 1.90. The highest BCUT2D eigenvalue weighted by Crippen LogP contribution is 2.15. The topological polar surface area (TPSA) is 61.5 Å². The van der Waals surface area contributed by atoms with Crippen LogP contribution < -0.4 is 10.5 Å². The van der Waals surface area contributed by atoms with Gasteiger partial charge >= 0.3 is 5.97 Å². The van der Waals surface area contributed by atoms with Gasteiger partial charge in [0, 0.05) is 11.8 Å². The minimum Gasteiger partial charge on any atom is -0.497 e. The van der Waals surface area contributed by atoms with Crippen molar-refractivity contribution in [3.63, 3.8) is 0 Å². The summed E-state index contributed by atoms with van der Waals surface area (Å²) in [7, 11) is 2.89. The largest absolute Gasteiger partial charge is 0.497 e. The molecule has 0 heterocycles. The molecule has 4 heteroatoms. The molecule has 0 amide bonds. The van der Waals surface area contributed by atoms with Gasteiger partial charge in [-0.2, -0.15) is 0 Å². The first-order valence-electron chi connectivity index (χ1n) is 4.37. The zero-order valence-electron chi connectivity index (χ0n) is 8.69. The molecule has 0 unspecified atom stereocenters. The monoisotopic (exact) mass is 207 g/mol. The van der Waals surface area contributed by atoms with Gasteiger partial charge in [0.05, 0.1) is 14.2 Å². The van der Waals surface area contributed by atoms with E-state index in [2.05, 4.69) is 4.74 Å². The number of benzene rings is 1. The van der Waals surface area contributed by atoms with Gasteiger partial charge in [0.15, 0.2) is 0 Å². The van der Waals surface area contributed by atoms with Gasteiger partial charge in [0.1, 0.15) is 5.75 Å². The van der Waals surface area contributed by atoms with Crippen molar-refractivity contribution in [1.82, 2.24) is 0 Å². The normalized spacial score (nSPS) is 10.9. The smallest absolute Gasteiger partial charge is 0.332 e. The van der Waals surface area contributed by atoms with Crippen LogP contribution in [0.15, 0.2) is 30.3 Å². The summed E-state index contributed by atoms with van der Waals surface area (Å²) in [6.45, 7) is 0. The van der Waals surface area contributed by atoms with Crippen LogP contribution in [0.4, 0.5) is 0 Å². The first-order valence-corrected chi connectivity index (χ1v) is 4.37. The van der Waals surface area contributed by atoms with Crippen LogP contribution in [0.25, 0.3) is 5.70 Å². The van der Waals surface area contributed by atoms with E-state index in [0.29, 0.717) is 5.70 Å². The maximum atomic E-state index is 10.9. The summed E-state index contributed by atoms with van der Waals surface area (Å²) in [6.07, 6.45) is 1.24. The van der Waals surface area contributed by atoms with Crippen molar-refractivity contribution in [2.75, 3.05) is 14.2 Å². The van der Waals surface area contributed by atoms with Crippen molar-refractivity contribution in [3.8, 4) is 5.75 Å². The summed E-state index contributed by atoms with van der Waals surface area (Å²) in [5, 5.41) is 0. The van der Waals surface area contributed by atoms with E-state index in [0.717, 1.165) is 11.3 Å². The quantitative estimate of drug-likeness (QED) is 0.597. The molecular weight excluding hydrogens is 194 g/mol. The molecular formula is C11H13NO3. The van der Waals surface area contributed by atoms with Crippen LogP contribution in [0, 0.1) is 0 Å². The van der Waals surface area contributed by atoms with Gasteiger partial charge in [-0.25, -0.2) is 4.79 Å². The Bertz CT molecular complexity index is 368. The van der Waals surface area contributed by atoms with E-state index >= 15 is 0 Å². The Hall–Kier alpha value is -1.97. The van der Waals surface area contributed by atoms with Gasteiger partial charge < -0.3 is 15.2 Å². The fourth-order valence-corrected chi connectivity index (χ4v) is 1.05. The Morgan fingerprint density at radius 2 is 1.87 bits per heavy atom. The van der Waals surface area contributed by atoms with E-state index in [9.17, 15) is 4.79 Å². The summed E-state index contributed by atoms with van der Waals surface area (Å²) in [5.41, 5.74) is 6.80. The highest BCUT2D eigenvalue weighted by molar-refractivity contribution is 5.90. The summed E-state index contributed by atoms with van der Waals surface area (Å²) in [5.74, 6) is 0.271. The SMILES string of the molecule is COC(=O)C=C(N)c1ccc(OC)cc1. The van der Waals surface area contributed by atoms with Crippen molar-refractivity contribution in [3.05, 3.63) is 35.9 Å². The molecule has 2 N–H and O–H groups in total. The lowest BCUT2D eigenvalue weighted by atomic mass is 10.1. The second-order valence-corrected chi connectivity index (χ2v) is 2.85. The first kappa shape index (κ1) is 11.1. The van der Waals surface area contributed by atoms with Gasteiger partial charge in [0.25, 0.3) is 0 Å². The molecule has 0 radical (unpaired) electrons. The molecule has 4 nitrogen and oxygen atoms in total. The van der Waals surface area contributed by atoms with E-state index in [-0.39, 0.29) is 0 Å². The van der Waals surface area contributed by atoms with Crippen LogP contribution in [-0.2, 0) is 9.53 Å². The zero-order chi connectivity index (χ0) is 11.3. The first-order chi connectivity index (χ1) is 7.17. The predicted molar refractivity (Wildman–Crippen MR) is 57.2 cm³/mol. The molecule has 1 aromatic carbocycles. The number of nitrogens with two attached hydrogens (primary N) is 1. The van der Waals surface area contributed by atoms with E-state index in [1.54, 1.807) is 31.4 Å². The van der Waals surface area contributed by atoms with E-state index in [1.165, 1.54) is 13.2 Å². The number of hydrogen-bond acceptors (Lipinski definition) is 4. The van der Waals surface area contributed by atoms with Crippen LogP contribution >= 0.6 is 0 Å². The Labute approximate surface area is 88.3 Å². The molecule has 0 aliphatic heterocycles. The van der Waals surface area contributed by atoms with E-state index < -0.39 is 5.97 Å². The molecule has 15 heavy (non-hydrogen) atoms. The number of ether oxygens (including phenoxy) is 2. The average molecular weight is 207 g/mol. The minimum atomic E-state index is -0.469. The molecule has 0 bridgehead atoms. The van der Waals surface area contributed by atoms with Gasteiger partial charge in [-0.3, -0.25) is 0 Å². The molecule has 0 aromatic heterocycles. The lowest BCUT2D eigenvalue weighted by Crippen LogP contribution is -2.02. The molecule has 0 fully saturated rings. The molecule has 0 atom stereocenters. The summed E-state index contributed by atoms with van der Waals surface area (Å²) < 4.78 is 9.47. The third-order valence-corrected chi connectivity index (χ3v) is 1.90. The number of methoxy groups -OCH3 is 2. The van der Waals surface area contributed by atoms with Crippen molar-refractivity contribution < 1.29 is 14.3 Å². The second-order valence-electron chi connectivity index (χ2n) is 2.85. The zero-order valence-corrected chi connectivity index (χ0v) is 8.69. The lowest BCUT2D eigenvalue weighted by Gasteiger charge is -2.03. The number of carbonyl (C=O) groups is 1. The van der Waals surface area contributed by atoms with Gasteiger partial charge in [-0.05, 0) is 29.8 Å². The molecule has 0 aliphatic rings. The standard InChI is InChI=1S/C11H13NO3/c1-14-9-5-3-8(4-6-9)10(12)7-11(13)15-2/h3-7H,12H2,1-2H3. The number of hydrogen-bond donors (Lipinski definition) is 1. The van der Waals surface area contributed by atoms with Crippen molar-refractivity contribution >= 4 is 11.7 Å². The maximum Gasteiger partial charge on any atom is 0.332 e. The average Bonchev–Trinajstić information content (AvgIpc) is 2.29. The van der Waals surface area contributed by atoms with E-state index in [1.807, 2.05) is 0 Å². The van der Waals surface area contributed by atoms with Gasteiger partial charge in [-0.1, -0.05) is 0 Å². The molecule has 0 saturated heterocycles. The van der Waals surface area contributed by atoms with Crippen LogP contribution in [0.3, 0.4) is 0 Å². The minimum absolute atomic E-state index is 0.365. The van der Waals surface area contributed by atoms with Gasteiger partial charge in [0.2, 0.25) is 0 Å². The van der Waals surface area contributed by atoms with Crippen molar-refractivity contribution in [2.45, 2.75) is 0 Å². The van der Waals surface area contributed by atoms with Crippen LogP contribution in [-0.4, -0.2) is 20.2 Å². The number of carbonyl (C=O) groups excluding carboxylic acids is 1. The predicted octanol–water partition coefficient (Wildman–Crippen LogP) is 1.17. The molecule has 0 spiro atoms. The molecule has 1 aromatic rings. The third kappa shape index (κ3) is 3.02. The van der Waals surface area contributed by atoms with Crippen LogP contribution in [0.1, 0.15) is 5.56 Å². The molecule has 1 rings (SSSR count). The highest BCUT2D eigenvalue weighted by Gasteiger charge is 2.00. The highest BCUT2D eigenvalue weighted by atomic mass is 16.5.